The summed E-state index contributed by atoms with van der Waals surface area (Å²) in [5.74, 6) is -1.46. The van der Waals surface area contributed by atoms with Gasteiger partial charge >= 0.3 is 0 Å². The first kappa shape index (κ1) is 19.7. The van der Waals surface area contributed by atoms with E-state index in [0.717, 1.165) is 24.0 Å². The number of hydrogen-bond donors (Lipinski definition) is 1. The molecule has 0 bridgehead atoms. The van der Waals surface area contributed by atoms with Gasteiger partial charge in [0.15, 0.2) is 0 Å². The Kier molecular flexibility index (Phi) is 5.43. The van der Waals surface area contributed by atoms with Crippen LogP contribution in [0.4, 0.5) is 0 Å². The molecule has 0 aromatic heterocycles. The van der Waals surface area contributed by atoms with E-state index < -0.39 is 17.7 Å². The molecule has 2 saturated heterocycles. The van der Waals surface area contributed by atoms with Crippen molar-refractivity contribution in [1.29, 1.82) is 0 Å². The molecule has 0 saturated carbocycles. The molecule has 29 heavy (non-hydrogen) atoms. The number of carbonyl (C=O) groups excluding carboxylic acids is 2. The Labute approximate surface area is 174 Å². The molecule has 0 radical (unpaired) electrons. The largest absolute Gasteiger partial charge is 0.507 e. The van der Waals surface area contributed by atoms with Gasteiger partial charge in [-0.2, -0.15) is 0 Å². The first-order valence-corrected chi connectivity index (χ1v) is 10.1. The smallest absolute Gasteiger partial charge is 0.295 e. The minimum Gasteiger partial charge on any atom is -0.507 e. The number of likely N-dealkylation sites (tertiary alicyclic amines) is 1. The van der Waals surface area contributed by atoms with Crippen LogP contribution in [0.5, 0.6) is 0 Å². The summed E-state index contributed by atoms with van der Waals surface area (Å²) >= 11 is 6.03. The van der Waals surface area contributed by atoms with Gasteiger partial charge in [0.1, 0.15) is 5.76 Å². The highest BCUT2D eigenvalue weighted by molar-refractivity contribution is 6.46. The summed E-state index contributed by atoms with van der Waals surface area (Å²) in [7, 11) is 0. The summed E-state index contributed by atoms with van der Waals surface area (Å²) in [5, 5.41) is 11.5. The van der Waals surface area contributed by atoms with Gasteiger partial charge in [0.05, 0.1) is 17.7 Å². The molecule has 2 aromatic carbocycles. The second-order valence-electron chi connectivity index (χ2n) is 7.50. The number of hydrogen-bond acceptors (Lipinski definition) is 4. The molecule has 1 amide bonds. The Bertz CT molecular complexity index is 959. The van der Waals surface area contributed by atoms with Crippen molar-refractivity contribution in [1.82, 2.24) is 4.90 Å². The van der Waals surface area contributed by atoms with Crippen LogP contribution < -0.4 is 0 Å². The van der Waals surface area contributed by atoms with Gasteiger partial charge in [-0.05, 0) is 37.5 Å². The SMILES string of the molecule is Cc1ccc(C(O)=C2C(=O)C(=O)N(C[C@@H]3CCCO3)[C@H]2c2ccc(Cl)cc2)cc1. The van der Waals surface area contributed by atoms with Crippen LogP contribution in [0, 0.1) is 6.92 Å². The maximum Gasteiger partial charge on any atom is 0.295 e. The molecule has 2 fully saturated rings. The molecule has 150 valence electrons. The summed E-state index contributed by atoms with van der Waals surface area (Å²) < 4.78 is 5.69. The van der Waals surface area contributed by atoms with Crippen molar-refractivity contribution < 1.29 is 19.4 Å². The maximum absolute atomic E-state index is 12.9. The van der Waals surface area contributed by atoms with Gasteiger partial charge in [0.25, 0.3) is 11.7 Å². The van der Waals surface area contributed by atoms with Gasteiger partial charge in [0.2, 0.25) is 0 Å². The number of nitrogens with zero attached hydrogens (tertiary/aromatic N) is 1. The van der Waals surface area contributed by atoms with Crippen LogP contribution in [0.25, 0.3) is 5.76 Å². The number of rotatable bonds is 4. The number of aryl methyl sites for hydroxylation is 1. The normalized spacial score (nSPS) is 23.7. The molecule has 6 heteroatoms. The zero-order valence-corrected chi connectivity index (χ0v) is 16.9. The lowest BCUT2D eigenvalue weighted by Crippen LogP contribution is -2.36. The summed E-state index contributed by atoms with van der Waals surface area (Å²) in [4.78, 5) is 27.4. The predicted octanol–water partition coefficient (Wildman–Crippen LogP) is 4.25. The second kappa shape index (κ2) is 8.01. The van der Waals surface area contributed by atoms with E-state index in [1.165, 1.54) is 4.90 Å². The number of amides is 1. The third-order valence-electron chi connectivity index (χ3n) is 5.48. The molecule has 2 aliphatic rings. The molecular weight excluding hydrogens is 390 g/mol. The Morgan fingerprint density at radius 2 is 1.83 bits per heavy atom. The molecule has 2 aliphatic heterocycles. The number of aliphatic hydroxyl groups is 1. The summed E-state index contributed by atoms with van der Waals surface area (Å²) in [6.07, 6.45) is 1.67. The third kappa shape index (κ3) is 3.80. The van der Waals surface area contributed by atoms with Crippen molar-refractivity contribution in [3.63, 3.8) is 0 Å². The predicted molar refractivity (Wildman–Crippen MR) is 111 cm³/mol. The summed E-state index contributed by atoms with van der Waals surface area (Å²) in [6.45, 7) is 2.91. The molecule has 0 aliphatic carbocycles. The third-order valence-corrected chi connectivity index (χ3v) is 5.73. The molecule has 2 atom stereocenters. The molecule has 4 rings (SSSR count). The standard InChI is InChI=1S/C23H22ClNO4/c1-14-4-6-16(7-5-14)21(26)19-20(15-8-10-17(24)11-9-15)25(23(28)22(19)27)13-18-3-2-12-29-18/h4-11,18,20,26H,2-3,12-13H2,1H3/t18-,20-/m0/s1. The highest BCUT2D eigenvalue weighted by atomic mass is 35.5. The van der Waals surface area contributed by atoms with Gasteiger partial charge in [-0.1, -0.05) is 53.6 Å². The molecule has 0 spiro atoms. The van der Waals surface area contributed by atoms with Crippen molar-refractivity contribution in [2.24, 2.45) is 0 Å². The monoisotopic (exact) mass is 411 g/mol. The number of benzene rings is 2. The fourth-order valence-electron chi connectivity index (χ4n) is 3.93. The van der Waals surface area contributed by atoms with Gasteiger partial charge in [-0.15, -0.1) is 0 Å². The summed E-state index contributed by atoms with van der Waals surface area (Å²) in [5.41, 5.74) is 2.36. The van der Waals surface area contributed by atoms with Crippen LogP contribution in [0.2, 0.25) is 5.02 Å². The Balaban J connectivity index is 1.81. The van der Waals surface area contributed by atoms with Crippen LogP contribution in [-0.2, 0) is 14.3 Å². The van der Waals surface area contributed by atoms with Crippen LogP contribution in [0.15, 0.2) is 54.1 Å². The van der Waals surface area contributed by atoms with Gasteiger partial charge in [0, 0.05) is 23.7 Å². The fraction of sp³-hybridized carbons (Fsp3) is 0.304. The van der Waals surface area contributed by atoms with Gasteiger partial charge in [-0.25, -0.2) is 0 Å². The summed E-state index contributed by atoms with van der Waals surface area (Å²) in [6, 6.07) is 13.5. The minimum atomic E-state index is -0.683. The van der Waals surface area contributed by atoms with E-state index in [2.05, 4.69) is 0 Å². The first-order chi connectivity index (χ1) is 14.0. The quantitative estimate of drug-likeness (QED) is 0.464. The van der Waals surface area contributed by atoms with Crippen molar-refractivity contribution in [2.45, 2.75) is 31.9 Å². The van der Waals surface area contributed by atoms with E-state index >= 15 is 0 Å². The van der Waals surface area contributed by atoms with Crippen molar-refractivity contribution >= 4 is 29.1 Å². The number of ether oxygens (including phenoxy) is 1. The highest BCUT2D eigenvalue weighted by Crippen LogP contribution is 2.40. The van der Waals surface area contributed by atoms with E-state index in [-0.39, 0.29) is 17.4 Å². The number of ketones is 1. The molecule has 1 N–H and O–H groups in total. The lowest BCUT2D eigenvalue weighted by Gasteiger charge is -2.27. The zero-order chi connectivity index (χ0) is 20.5. The number of halogens is 1. The highest BCUT2D eigenvalue weighted by Gasteiger charge is 2.47. The molecule has 2 heterocycles. The Morgan fingerprint density at radius 1 is 1.14 bits per heavy atom. The Hall–Kier alpha value is -2.63. The Morgan fingerprint density at radius 3 is 2.45 bits per heavy atom. The average Bonchev–Trinajstić information content (AvgIpc) is 3.31. The van der Waals surface area contributed by atoms with E-state index in [0.29, 0.717) is 23.7 Å². The number of Topliss-reactive ketones (excluding diaryl/α,β-unsaturated/α-hetero) is 1. The molecule has 5 nitrogen and oxygen atoms in total. The molecular formula is C23H22ClNO4. The second-order valence-corrected chi connectivity index (χ2v) is 7.94. The fourth-order valence-corrected chi connectivity index (χ4v) is 4.06. The van der Waals surface area contributed by atoms with Crippen LogP contribution >= 0.6 is 11.6 Å². The number of carbonyl (C=O) groups is 2. The van der Waals surface area contributed by atoms with Crippen molar-refractivity contribution in [3.8, 4) is 0 Å². The maximum atomic E-state index is 12.9. The van der Waals surface area contributed by atoms with Gasteiger partial charge in [-0.3, -0.25) is 9.59 Å². The number of aliphatic hydroxyl groups excluding tert-OH is 1. The van der Waals surface area contributed by atoms with E-state index in [1.807, 2.05) is 19.1 Å². The lowest BCUT2D eigenvalue weighted by molar-refractivity contribution is -0.140. The minimum absolute atomic E-state index is 0.0965. The zero-order valence-electron chi connectivity index (χ0n) is 16.1. The molecule has 0 unspecified atom stereocenters. The van der Waals surface area contributed by atoms with Crippen LogP contribution in [0.1, 0.15) is 35.6 Å². The topological polar surface area (TPSA) is 66.8 Å². The van der Waals surface area contributed by atoms with E-state index in [9.17, 15) is 14.7 Å². The van der Waals surface area contributed by atoms with E-state index in [1.54, 1.807) is 36.4 Å². The van der Waals surface area contributed by atoms with E-state index in [4.69, 9.17) is 16.3 Å². The van der Waals surface area contributed by atoms with Crippen LogP contribution in [0.3, 0.4) is 0 Å². The van der Waals surface area contributed by atoms with Crippen molar-refractivity contribution in [3.05, 3.63) is 75.8 Å². The van der Waals surface area contributed by atoms with Crippen molar-refractivity contribution in [2.75, 3.05) is 13.2 Å². The molecule has 2 aromatic rings. The van der Waals surface area contributed by atoms with Gasteiger partial charge < -0.3 is 14.7 Å². The van der Waals surface area contributed by atoms with Crippen LogP contribution in [-0.4, -0.2) is 41.0 Å². The average molecular weight is 412 g/mol. The first-order valence-electron chi connectivity index (χ1n) is 9.68. The lowest BCUT2D eigenvalue weighted by atomic mass is 9.95.